The Morgan fingerprint density at radius 2 is 1.62 bits per heavy atom. The molecule has 3 rings (SSSR count). The van der Waals surface area contributed by atoms with Crippen LogP contribution >= 0.6 is 0 Å². The Labute approximate surface area is 187 Å². The van der Waals surface area contributed by atoms with Crippen LogP contribution in [0.25, 0.3) is 0 Å². The summed E-state index contributed by atoms with van der Waals surface area (Å²) in [6, 6.07) is 18.8. The number of para-hydroxylation sites is 1. The first-order valence-electron chi connectivity index (χ1n) is 10.1. The summed E-state index contributed by atoms with van der Waals surface area (Å²) in [6.07, 6.45) is 0. The second kappa shape index (κ2) is 10.3. The van der Waals surface area contributed by atoms with E-state index in [-0.39, 0.29) is 23.7 Å². The van der Waals surface area contributed by atoms with Crippen LogP contribution in [0.4, 0.5) is 10.1 Å². The minimum atomic E-state index is -4.04. The summed E-state index contributed by atoms with van der Waals surface area (Å²) in [7, 11) is -4.04. The first-order chi connectivity index (χ1) is 15.3. The van der Waals surface area contributed by atoms with Crippen molar-refractivity contribution in [1.82, 2.24) is 5.32 Å². The Morgan fingerprint density at radius 3 is 2.28 bits per heavy atom. The third-order valence-corrected chi connectivity index (χ3v) is 6.57. The zero-order chi connectivity index (χ0) is 23.1. The number of nitrogens with zero attached hydrogens (tertiary/aromatic N) is 1. The Balaban J connectivity index is 1.71. The van der Waals surface area contributed by atoms with Gasteiger partial charge in [0.1, 0.15) is 24.7 Å². The maximum Gasteiger partial charge on any atom is 0.264 e. The van der Waals surface area contributed by atoms with Crippen LogP contribution in [0, 0.1) is 19.7 Å². The largest absolute Gasteiger partial charge is 0.491 e. The molecule has 3 aromatic rings. The molecule has 0 saturated heterocycles. The highest BCUT2D eigenvalue weighted by Crippen LogP contribution is 2.24. The van der Waals surface area contributed by atoms with E-state index in [0.717, 1.165) is 33.3 Å². The lowest BCUT2D eigenvalue weighted by molar-refractivity contribution is -0.119. The van der Waals surface area contributed by atoms with Gasteiger partial charge in [0.25, 0.3) is 10.0 Å². The highest BCUT2D eigenvalue weighted by atomic mass is 32.2. The monoisotopic (exact) mass is 456 g/mol. The van der Waals surface area contributed by atoms with Crippen LogP contribution in [0.15, 0.2) is 77.7 Å². The number of anilines is 1. The third-order valence-electron chi connectivity index (χ3n) is 4.79. The predicted octanol–water partition coefficient (Wildman–Crippen LogP) is 3.83. The molecule has 0 bridgehead atoms. The van der Waals surface area contributed by atoms with Gasteiger partial charge in [-0.05, 0) is 61.9 Å². The molecule has 0 spiro atoms. The zero-order valence-corrected chi connectivity index (χ0v) is 18.7. The number of aryl methyl sites for hydroxylation is 2. The van der Waals surface area contributed by atoms with E-state index >= 15 is 0 Å². The van der Waals surface area contributed by atoms with Gasteiger partial charge in [-0.15, -0.1) is 0 Å². The molecule has 6 nitrogen and oxygen atoms in total. The molecule has 0 aliphatic heterocycles. The highest BCUT2D eigenvalue weighted by Gasteiger charge is 2.27. The van der Waals surface area contributed by atoms with Gasteiger partial charge in [0.05, 0.1) is 17.1 Å². The fraction of sp³-hybridized carbons (Fsp3) is 0.208. The van der Waals surface area contributed by atoms with Crippen LogP contribution in [0.3, 0.4) is 0 Å². The van der Waals surface area contributed by atoms with Crippen LogP contribution in [-0.2, 0) is 14.8 Å². The van der Waals surface area contributed by atoms with E-state index in [9.17, 15) is 17.6 Å². The average molecular weight is 457 g/mol. The quantitative estimate of drug-likeness (QED) is 0.497. The van der Waals surface area contributed by atoms with Gasteiger partial charge in [-0.3, -0.25) is 9.10 Å². The molecular formula is C24H25FN2O4S. The molecule has 0 heterocycles. The van der Waals surface area contributed by atoms with Gasteiger partial charge >= 0.3 is 0 Å². The molecular weight excluding hydrogens is 431 g/mol. The van der Waals surface area contributed by atoms with Crippen molar-refractivity contribution in [2.24, 2.45) is 0 Å². The van der Waals surface area contributed by atoms with E-state index in [1.165, 1.54) is 24.3 Å². The summed E-state index contributed by atoms with van der Waals surface area (Å²) < 4.78 is 46.5. The molecule has 0 radical (unpaired) electrons. The van der Waals surface area contributed by atoms with Gasteiger partial charge in [-0.2, -0.15) is 0 Å². The fourth-order valence-electron chi connectivity index (χ4n) is 3.02. The van der Waals surface area contributed by atoms with Crippen molar-refractivity contribution in [2.75, 3.05) is 24.0 Å². The molecule has 32 heavy (non-hydrogen) atoms. The number of carbonyl (C=O) groups excluding carboxylic acids is 1. The number of sulfonamides is 1. The molecule has 3 aromatic carbocycles. The number of halogens is 1. The highest BCUT2D eigenvalue weighted by molar-refractivity contribution is 7.92. The molecule has 8 heteroatoms. The second-order valence-electron chi connectivity index (χ2n) is 7.27. The minimum Gasteiger partial charge on any atom is -0.491 e. The minimum absolute atomic E-state index is 0.0445. The van der Waals surface area contributed by atoms with Crippen molar-refractivity contribution in [1.29, 1.82) is 0 Å². The number of benzene rings is 3. The number of hydrogen-bond donors (Lipinski definition) is 1. The van der Waals surface area contributed by atoms with Crippen molar-refractivity contribution < 1.29 is 22.3 Å². The lowest BCUT2D eigenvalue weighted by atomic mass is 10.2. The summed E-state index contributed by atoms with van der Waals surface area (Å²) >= 11 is 0. The molecule has 0 fully saturated rings. The Hall–Kier alpha value is -3.39. The van der Waals surface area contributed by atoms with E-state index in [4.69, 9.17) is 4.74 Å². The van der Waals surface area contributed by atoms with Crippen LogP contribution in [-0.4, -0.2) is 34.0 Å². The molecule has 1 N–H and O–H groups in total. The lowest BCUT2D eigenvalue weighted by Gasteiger charge is -2.24. The van der Waals surface area contributed by atoms with E-state index in [0.29, 0.717) is 0 Å². The van der Waals surface area contributed by atoms with E-state index in [1.54, 1.807) is 12.1 Å². The van der Waals surface area contributed by atoms with Crippen molar-refractivity contribution in [3.8, 4) is 5.75 Å². The maximum atomic E-state index is 13.4. The standard InChI is InChI=1S/C24H25FN2O4S/c1-18-7-13-22(14-8-18)32(29,30)27(21-11-9-20(25)10-12-21)17-24(28)26-15-16-31-23-6-4-3-5-19(23)2/h3-14H,15-17H2,1-2H3,(H,26,28). The van der Waals surface area contributed by atoms with Gasteiger partial charge in [0.15, 0.2) is 0 Å². The van der Waals surface area contributed by atoms with Gasteiger partial charge in [0.2, 0.25) is 5.91 Å². The summed E-state index contributed by atoms with van der Waals surface area (Å²) in [5.74, 6) is -0.283. The lowest BCUT2D eigenvalue weighted by Crippen LogP contribution is -2.42. The van der Waals surface area contributed by atoms with E-state index in [2.05, 4.69) is 5.32 Å². The Bertz CT molecular complexity index is 1160. The van der Waals surface area contributed by atoms with Crippen molar-refractivity contribution in [3.05, 3.63) is 89.7 Å². The van der Waals surface area contributed by atoms with Crippen molar-refractivity contribution in [2.45, 2.75) is 18.7 Å². The maximum absolute atomic E-state index is 13.4. The SMILES string of the molecule is Cc1ccc(S(=O)(=O)N(CC(=O)NCCOc2ccccc2C)c2ccc(F)cc2)cc1. The van der Waals surface area contributed by atoms with Gasteiger partial charge < -0.3 is 10.1 Å². The molecule has 168 valence electrons. The van der Waals surface area contributed by atoms with Crippen LogP contribution in [0.5, 0.6) is 5.75 Å². The summed E-state index contributed by atoms with van der Waals surface area (Å²) in [5, 5.41) is 2.67. The zero-order valence-electron chi connectivity index (χ0n) is 17.9. The average Bonchev–Trinajstić information content (AvgIpc) is 2.77. The number of carbonyl (C=O) groups is 1. The number of ether oxygens (including phenoxy) is 1. The van der Waals surface area contributed by atoms with Crippen LogP contribution in [0.1, 0.15) is 11.1 Å². The first kappa shape index (κ1) is 23.3. The van der Waals surface area contributed by atoms with Crippen LogP contribution < -0.4 is 14.4 Å². The molecule has 0 aliphatic rings. The smallest absolute Gasteiger partial charge is 0.264 e. The number of amides is 1. The Morgan fingerprint density at radius 1 is 0.969 bits per heavy atom. The van der Waals surface area contributed by atoms with Crippen LogP contribution in [0.2, 0.25) is 0 Å². The summed E-state index contributed by atoms with van der Waals surface area (Å²) in [5.41, 5.74) is 2.08. The second-order valence-corrected chi connectivity index (χ2v) is 9.13. The van der Waals surface area contributed by atoms with Gasteiger partial charge in [-0.1, -0.05) is 35.9 Å². The predicted molar refractivity (Wildman–Crippen MR) is 122 cm³/mol. The molecule has 0 aromatic heterocycles. The van der Waals surface area contributed by atoms with E-state index in [1.807, 2.05) is 38.1 Å². The normalized spacial score (nSPS) is 11.1. The first-order valence-corrected chi connectivity index (χ1v) is 11.5. The van der Waals surface area contributed by atoms with Gasteiger partial charge in [0, 0.05) is 0 Å². The summed E-state index contributed by atoms with van der Waals surface area (Å²) in [4.78, 5) is 12.6. The number of hydrogen-bond acceptors (Lipinski definition) is 4. The molecule has 0 aliphatic carbocycles. The summed E-state index contributed by atoms with van der Waals surface area (Å²) in [6.45, 7) is 3.75. The van der Waals surface area contributed by atoms with Crippen molar-refractivity contribution >= 4 is 21.6 Å². The third kappa shape index (κ3) is 5.85. The Kier molecular flexibility index (Phi) is 7.48. The fourth-order valence-corrected chi connectivity index (χ4v) is 4.44. The number of rotatable bonds is 9. The van der Waals surface area contributed by atoms with Gasteiger partial charge in [-0.25, -0.2) is 12.8 Å². The molecule has 0 unspecified atom stereocenters. The van der Waals surface area contributed by atoms with Crippen molar-refractivity contribution in [3.63, 3.8) is 0 Å². The number of nitrogens with one attached hydrogen (secondary N) is 1. The molecule has 0 saturated carbocycles. The molecule has 1 amide bonds. The molecule has 0 atom stereocenters. The topological polar surface area (TPSA) is 75.7 Å². The van der Waals surface area contributed by atoms with E-state index < -0.39 is 28.3 Å².